The maximum Gasteiger partial charge on any atom is 0.245 e. The Balaban J connectivity index is 1.95. The number of sulfonamides is 1. The van der Waals surface area contributed by atoms with Crippen LogP contribution >= 0.6 is 0 Å². The van der Waals surface area contributed by atoms with Crippen molar-refractivity contribution in [3.63, 3.8) is 0 Å². The second-order valence-corrected chi connectivity index (χ2v) is 7.99. The van der Waals surface area contributed by atoms with Crippen LogP contribution in [-0.2, 0) is 16.6 Å². The normalized spacial score (nSPS) is 15.1. The number of rotatable bonds is 6. The van der Waals surface area contributed by atoms with Gasteiger partial charge in [-0.05, 0) is 34.9 Å². The highest BCUT2D eigenvalue weighted by Crippen LogP contribution is 2.29. The van der Waals surface area contributed by atoms with E-state index in [1.807, 2.05) is 18.0 Å². The van der Waals surface area contributed by atoms with Crippen LogP contribution in [0.4, 0.5) is 5.95 Å². The van der Waals surface area contributed by atoms with Gasteiger partial charge in [0, 0.05) is 27.2 Å². The molecule has 1 heterocycles. The zero-order valence-corrected chi connectivity index (χ0v) is 14.2. The summed E-state index contributed by atoms with van der Waals surface area (Å²) in [5, 5.41) is 11.8. The lowest BCUT2D eigenvalue weighted by Gasteiger charge is -2.18. The van der Waals surface area contributed by atoms with Crippen LogP contribution in [0.15, 0.2) is 29.2 Å². The van der Waals surface area contributed by atoms with Crippen LogP contribution in [0.3, 0.4) is 0 Å². The van der Waals surface area contributed by atoms with E-state index in [0.29, 0.717) is 24.1 Å². The second kappa shape index (κ2) is 5.89. The molecule has 0 spiro atoms. The zero-order chi connectivity index (χ0) is 16.6. The molecule has 1 saturated carbocycles. The van der Waals surface area contributed by atoms with E-state index in [0.717, 1.165) is 12.8 Å². The minimum Gasteiger partial charge on any atom is -0.340 e. The van der Waals surface area contributed by atoms with E-state index >= 15 is 0 Å². The van der Waals surface area contributed by atoms with Gasteiger partial charge in [-0.15, -0.1) is 0 Å². The molecule has 1 aliphatic rings. The summed E-state index contributed by atoms with van der Waals surface area (Å²) in [6.07, 6.45) is 2.27. The number of hydrogen-bond acceptors (Lipinski definition) is 6. The van der Waals surface area contributed by atoms with Gasteiger partial charge in [-0.2, -0.15) is 0 Å². The molecule has 0 unspecified atom stereocenters. The Bertz CT molecular complexity index is 797. The summed E-state index contributed by atoms with van der Waals surface area (Å²) in [7, 11) is 1.50. The highest BCUT2D eigenvalue weighted by molar-refractivity contribution is 7.89. The van der Waals surface area contributed by atoms with Gasteiger partial charge in [0.2, 0.25) is 16.0 Å². The van der Waals surface area contributed by atoms with Crippen LogP contribution in [0.5, 0.6) is 0 Å². The Morgan fingerprint density at radius 1 is 1.22 bits per heavy atom. The molecule has 0 amide bonds. The molecule has 0 N–H and O–H groups in total. The fraction of sp³-hybridized carbons (Fsp3) is 0.500. The predicted molar refractivity (Wildman–Crippen MR) is 85.7 cm³/mol. The highest BCUT2D eigenvalue weighted by Gasteiger charge is 2.30. The molecule has 1 fully saturated rings. The molecular weight excluding hydrogens is 316 g/mol. The van der Waals surface area contributed by atoms with Crippen molar-refractivity contribution in [3.05, 3.63) is 29.8 Å². The predicted octanol–water partition coefficient (Wildman–Crippen LogP) is 0.570. The van der Waals surface area contributed by atoms with Crippen molar-refractivity contribution in [1.29, 1.82) is 0 Å². The molecule has 0 radical (unpaired) electrons. The summed E-state index contributed by atoms with van der Waals surface area (Å²) in [5.74, 6) is 0.657. The van der Waals surface area contributed by atoms with Crippen molar-refractivity contribution in [2.24, 2.45) is 0 Å². The number of nitrogens with zero attached hydrogens (tertiary/aromatic N) is 6. The van der Waals surface area contributed by atoms with Crippen LogP contribution in [0.1, 0.15) is 18.4 Å². The van der Waals surface area contributed by atoms with E-state index in [1.165, 1.54) is 18.4 Å². The molecule has 124 valence electrons. The van der Waals surface area contributed by atoms with Crippen LogP contribution < -0.4 is 4.90 Å². The molecule has 0 atom stereocenters. The highest BCUT2D eigenvalue weighted by atomic mass is 32.2. The van der Waals surface area contributed by atoms with Crippen LogP contribution in [-0.4, -0.2) is 60.1 Å². The smallest absolute Gasteiger partial charge is 0.245 e. The number of benzene rings is 1. The third-order valence-corrected chi connectivity index (χ3v) is 5.89. The number of aromatic nitrogens is 4. The maximum atomic E-state index is 12.5. The van der Waals surface area contributed by atoms with Crippen molar-refractivity contribution >= 4 is 16.0 Å². The van der Waals surface area contributed by atoms with E-state index < -0.39 is 10.0 Å². The van der Waals surface area contributed by atoms with Crippen LogP contribution in [0.2, 0.25) is 0 Å². The quantitative estimate of drug-likeness (QED) is 0.767. The SMILES string of the molecule is CN(c1nnnn1Cc1ccccc1S(=O)(=O)N(C)C)C1CC1. The van der Waals surface area contributed by atoms with Crippen molar-refractivity contribution in [3.8, 4) is 0 Å². The summed E-state index contributed by atoms with van der Waals surface area (Å²) in [6, 6.07) is 7.41. The van der Waals surface area contributed by atoms with Crippen LogP contribution in [0.25, 0.3) is 0 Å². The first-order valence-corrected chi connectivity index (χ1v) is 8.84. The van der Waals surface area contributed by atoms with Gasteiger partial charge < -0.3 is 4.90 Å². The number of hydrogen-bond donors (Lipinski definition) is 0. The molecule has 0 bridgehead atoms. The molecule has 1 aromatic heterocycles. The summed E-state index contributed by atoms with van der Waals surface area (Å²) >= 11 is 0. The molecular formula is C14H20N6O2S. The topological polar surface area (TPSA) is 84.2 Å². The average molecular weight is 336 g/mol. The van der Waals surface area contributed by atoms with Crippen molar-refractivity contribution in [1.82, 2.24) is 24.5 Å². The van der Waals surface area contributed by atoms with E-state index in [1.54, 1.807) is 22.9 Å². The first kappa shape index (κ1) is 15.9. The lowest BCUT2D eigenvalue weighted by Crippen LogP contribution is -2.26. The Morgan fingerprint density at radius 2 is 1.91 bits per heavy atom. The van der Waals surface area contributed by atoms with Gasteiger partial charge >= 0.3 is 0 Å². The van der Waals surface area contributed by atoms with E-state index in [-0.39, 0.29) is 4.90 Å². The minimum absolute atomic E-state index is 0.278. The third-order valence-electron chi connectivity index (χ3n) is 3.97. The second-order valence-electron chi connectivity index (χ2n) is 5.87. The fourth-order valence-electron chi connectivity index (χ4n) is 2.42. The fourth-order valence-corrected chi connectivity index (χ4v) is 3.53. The maximum absolute atomic E-state index is 12.5. The number of tetrazole rings is 1. The first-order chi connectivity index (χ1) is 10.9. The third kappa shape index (κ3) is 3.06. The molecule has 1 aliphatic carbocycles. The lowest BCUT2D eigenvalue weighted by molar-refractivity contribution is 0.518. The number of anilines is 1. The molecule has 3 rings (SSSR count). The lowest BCUT2D eigenvalue weighted by atomic mass is 10.2. The van der Waals surface area contributed by atoms with Gasteiger partial charge in [0.15, 0.2) is 0 Å². The van der Waals surface area contributed by atoms with E-state index in [9.17, 15) is 8.42 Å². The molecule has 2 aromatic rings. The van der Waals surface area contributed by atoms with Crippen molar-refractivity contribution < 1.29 is 8.42 Å². The van der Waals surface area contributed by atoms with Gasteiger partial charge in [-0.1, -0.05) is 23.3 Å². The summed E-state index contributed by atoms with van der Waals surface area (Å²) in [5.41, 5.74) is 0.666. The zero-order valence-electron chi connectivity index (χ0n) is 13.4. The average Bonchev–Trinajstić information content (AvgIpc) is 3.27. The largest absolute Gasteiger partial charge is 0.340 e. The molecule has 0 saturated heterocycles. The van der Waals surface area contributed by atoms with Crippen molar-refractivity contribution in [2.75, 3.05) is 26.0 Å². The molecule has 9 heteroatoms. The molecule has 23 heavy (non-hydrogen) atoms. The van der Waals surface area contributed by atoms with E-state index in [2.05, 4.69) is 15.5 Å². The van der Waals surface area contributed by atoms with Gasteiger partial charge in [-0.25, -0.2) is 17.4 Å². The molecule has 8 nitrogen and oxygen atoms in total. The van der Waals surface area contributed by atoms with Crippen LogP contribution in [0, 0.1) is 0 Å². The summed E-state index contributed by atoms with van der Waals surface area (Å²) in [4.78, 5) is 2.32. The monoisotopic (exact) mass is 336 g/mol. The summed E-state index contributed by atoms with van der Waals surface area (Å²) in [6.45, 7) is 0.308. The first-order valence-electron chi connectivity index (χ1n) is 7.40. The summed E-state index contributed by atoms with van der Waals surface area (Å²) < 4.78 is 27.8. The van der Waals surface area contributed by atoms with Crippen molar-refractivity contribution in [2.45, 2.75) is 30.3 Å². The van der Waals surface area contributed by atoms with Gasteiger partial charge in [0.1, 0.15) is 0 Å². The van der Waals surface area contributed by atoms with Gasteiger partial charge in [0.25, 0.3) is 0 Å². The Hall–Kier alpha value is -2.00. The molecule has 1 aromatic carbocycles. The molecule has 0 aliphatic heterocycles. The Kier molecular flexibility index (Phi) is 4.07. The van der Waals surface area contributed by atoms with E-state index in [4.69, 9.17) is 0 Å². The Labute approximate surface area is 135 Å². The standard InChI is InChI=1S/C14H20N6O2S/c1-18(2)23(21,22)13-7-5-4-6-11(13)10-20-14(15-16-17-20)19(3)12-8-9-12/h4-7,12H,8-10H2,1-3H3. The Morgan fingerprint density at radius 3 is 2.57 bits per heavy atom. The van der Waals surface area contributed by atoms with Gasteiger partial charge in [-0.3, -0.25) is 0 Å². The minimum atomic E-state index is -3.51. The van der Waals surface area contributed by atoms with Gasteiger partial charge in [0.05, 0.1) is 11.4 Å².